The van der Waals surface area contributed by atoms with Gasteiger partial charge in [0, 0.05) is 39.1 Å². The normalized spacial score (nSPS) is 14.2. The number of hydrogen-bond acceptors (Lipinski definition) is 16. The number of phosphoric ester groups is 2. The molecule has 0 saturated carbocycles. The summed E-state index contributed by atoms with van der Waals surface area (Å²) in [5.74, 6) is -2.04. The third-order valence-corrected chi connectivity index (χ3v) is 16.3. The van der Waals surface area contributed by atoms with Crippen LogP contribution in [0.1, 0.15) is 278 Å². The van der Waals surface area contributed by atoms with Crippen molar-refractivity contribution in [1.82, 2.24) is 21.3 Å². The third-order valence-electron chi connectivity index (χ3n) is 14.4. The molecule has 0 rings (SSSR count). The van der Waals surface area contributed by atoms with E-state index in [2.05, 4.69) is 49.0 Å². The summed E-state index contributed by atoms with van der Waals surface area (Å²) >= 11 is 0. The molecule has 0 radical (unpaired) electrons. The summed E-state index contributed by atoms with van der Waals surface area (Å²) in [5, 5.41) is 31.2. The summed E-state index contributed by atoms with van der Waals surface area (Å²) < 4.78 is 56.9. The van der Waals surface area contributed by atoms with Crippen LogP contribution in [0.4, 0.5) is 0 Å². The van der Waals surface area contributed by atoms with E-state index >= 15 is 0 Å². The molecule has 0 aliphatic rings. The molecule has 492 valence electrons. The van der Waals surface area contributed by atoms with Gasteiger partial charge in [0.2, 0.25) is 23.6 Å². The van der Waals surface area contributed by atoms with E-state index in [1.165, 1.54) is 103 Å². The molecular weight excluding hydrogens is 1150 g/mol. The minimum absolute atomic E-state index is 0. The molecule has 6 atom stereocenters. The second-order valence-electron chi connectivity index (χ2n) is 22.6. The van der Waals surface area contributed by atoms with Crippen LogP contribution in [-0.2, 0) is 55.9 Å². The van der Waals surface area contributed by atoms with Crippen LogP contribution in [0.5, 0.6) is 0 Å². The Bertz CT molecular complexity index is 1540. The molecule has 24 heteroatoms. The number of ether oxygens (including phenoxy) is 2. The molecule has 0 aromatic carbocycles. The van der Waals surface area contributed by atoms with Crippen molar-refractivity contribution in [2.24, 2.45) is 0 Å². The van der Waals surface area contributed by atoms with Gasteiger partial charge in [-0.1, -0.05) is 220 Å². The molecule has 0 fully saturated rings. The molecular formula is C61H120N4Na2O16P2. The van der Waals surface area contributed by atoms with Crippen molar-refractivity contribution in [3.05, 3.63) is 0 Å². The van der Waals surface area contributed by atoms with Crippen LogP contribution in [0.15, 0.2) is 0 Å². The van der Waals surface area contributed by atoms with Crippen molar-refractivity contribution >= 4 is 39.3 Å². The molecule has 4 amide bonds. The van der Waals surface area contributed by atoms with E-state index in [9.17, 15) is 48.3 Å². The van der Waals surface area contributed by atoms with E-state index in [-0.39, 0.29) is 123 Å². The van der Waals surface area contributed by atoms with Gasteiger partial charge in [-0.3, -0.25) is 28.3 Å². The zero-order valence-electron chi connectivity index (χ0n) is 54.5. The number of rotatable bonds is 64. The Balaban J connectivity index is -0.0000336. The van der Waals surface area contributed by atoms with Gasteiger partial charge in [-0.2, -0.15) is 0 Å². The van der Waals surface area contributed by atoms with Gasteiger partial charge in [-0.25, -0.2) is 0 Å². The number of aliphatic hydroxyl groups excluding tert-OH is 2. The van der Waals surface area contributed by atoms with Crippen LogP contribution >= 0.6 is 15.6 Å². The summed E-state index contributed by atoms with van der Waals surface area (Å²) in [6.45, 7) is 6.50. The Morgan fingerprint density at radius 1 is 0.376 bits per heavy atom. The molecule has 20 nitrogen and oxygen atoms in total. The fraction of sp³-hybridized carbons (Fsp3) is 0.934. The summed E-state index contributed by atoms with van der Waals surface area (Å²) in [6.07, 6.45) is 36.9. The molecule has 0 saturated heterocycles. The molecule has 0 aromatic heterocycles. The maximum Gasteiger partial charge on any atom is 1.00 e. The quantitative estimate of drug-likeness (QED) is 0.0196. The minimum atomic E-state index is -4.91. The second-order valence-corrected chi connectivity index (χ2v) is 25.4. The van der Waals surface area contributed by atoms with Gasteiger partial charge in [-0.15, -0.1) is 0 Å². The molecule has 0 aliphatic heterocycles. The fourth-order valence-corrected chi connectivity index (χ4v) is 10.8. The smallest absolute Gasteiger partial charge is 0.756 e. The fourth-order valence-electron chi connectivity index (χ4n) is 9.31. The van der Waals surface area contributed by atoms with E-state index in [4.69, 9.17) is 27.6 Å². The molecule has 0 aromatic rings. The molecule has 0 bridgehead atoms. The molecule has 0 aliphatic carbocycles. The number of phosphoric acid groups is 2. The van der Waals surface area contributed by atoms with Crippen molar-refractivity contribution in [1.29, 1.82) is 0 Å². The van der Waals surface area contributed by atoms with Crippen molar-refractivity contribution < 1.29 is 135 Å². The van der Waals surface area contributed by atoms with Gasteiger partial charge in [0.05, 0.1) is 63.9 Å². The van der Waals surface area contributed by atoms with Gasteiger partial charge in [0.25, 0.3) is 15.6 Å². The Morgan fingerprint density at radius 2 is 0.659 bits per heavy atom. The molecule has 6 N–H and O–H groups in total. The van der Waals surface area contributed by atoms with Crippen molar-refractivity contribution in [3.8, 4) is 0 Å². The van der Waals surface area contributed by atoms with Crippen molar-refractivity contribution in [3.63, 3.8) is 0 Å². The number of hydrogen-bond donors (Lipinski definition) is 6. The van der Waals surface area contributed by atoms with Crippen LogP contribution < -0.4 is 90.2 Å². The van der Waals surface area contributed by atoms with E-state index in [0.717, 1.165) is 89.9 Å². The standard InChI is InChI=1S/C61H122N4O16P2.2Na/c1-5-9-13-17-19-21-23-25-27-31-35-39-58(68)64-54(50-76-45-41-56(66)37-33-29-15-11-7-3)52-80-82(72,73)78-47-43-62-60(70)49-61(71)63-44-48-79-83(74,75)81-53-55(51-77-46-42-57(67)38-34-30-16-12-8-4)65-59(69)40-36-32-28-26-24-22-20-18-14-10-6-2;;/h54-57,66-67H,5-53H2,1-4H3,(H,62,70)(H,63,71)(H,64,68)(H,65,69)(H,72,73)(H,74,75);;/q;2*+1/p-2/t54-,55-,56+,57+;;/m0../s1. The Kier molecular flexibility index (Phi) is 67.2. The summed E-state index contributed by atoms with van der Waals surface area (Å²) in [5.41, 5.74) is 0. The first-order valence-corrected chi connectivity index (χ1v) is 35.8. The van der Waals surface area contributed by atoms with E-state index in [1.807, 2.05) is 0 Å². The Hall–Kier alpha value is -0.0600. The zero-order valence-corrected chi connectivity index (χ0v) is 60.3. The third kappa shape index (κ3) is 63.9. The van der Waals surface area contributed by atoms with Gasteiger partial charge < -0.3 is 68.8 Å². The zero-order chi connectivity index (χ0) is 61.3. The Labute approximate surface area is 559 Å². The van der Waals surface area contributed by atoms with Crippen molar-refractivity contribution in [2.45, 2.75) is 302 Å². The monoisotopic (exact) mass is 1270 g/mol. The SMILES string of the molecule is CCCCCCCCCCCCCC(=O)N[C@@H](COCC[C@H](O)CCCCCCC)COP(=O)([O-])OCCNC(=O)CC(=O)NCCOP(=O)([O-])OC[C@H](COCC[C@H](O)CCCCCCC)NC(=O)CCCCCCCCCCCCC.[Na+].[Na+]. The van der Waals surface area contributed by atoms with Gasteiger partial charge >= 0.3 is 59.1 Å². The molecule has 0 spiro atoms. The predicted molar refractivity (Wildman–Crippen MR) is 325 cm³/mol. The van der Waals surface area contributed by atoms with E-state index in [1.54, 1.807) is 0 Å². The first-order chi connectivity index (χ1) is 40.1. The largest absolute Gasteiger partial charge is 1.00 e. The number of carbonyl (C=O) groups is 4. The van der Waals surface area contributed by atoms with Gasteiger partial charge in [0.15, 0.2) is 0 Å². The van der Waals surface area contributed by atoms with E-state index in [0.29, 0.717) is 38.5 Å². The average molecular weight is 1270 g/mol. The maximum atomic E-state index is 12.9. The Morgan fingerprint density at radius 3 is 0.965 bits per heavy atom. The summed E-state index contributed by atoms with van der Waals surface area (Å²) in [4.78, 5) is 76.1. The van der Waals surface area contributed by atoms with Crippen LogP contribution in [0.2, 0.25) is 0 Å². The number of unbranched alkanes of at least 4 members (excludes halogenated alkanes) is 28. The number of aliphatic hydroxyl groups is 2. The second kappa shape index (κ2) is 64.1. The van der Waals surface area contributed by atoms with Gasteiger partial charge in [-0.05, 0) is 38.5 Å². The number of carbonyl (C=O) groups excluding carboxylic acids is 4. The topological polar surface area (TPSA) is 292 Å². The number of nitrogens with one attached hydrogen (secondary N) is 4. The average Bonchev–Trinajstić information content (AvgIpc) is 3.56. The maximum absolute atomic E-state index is 12.9. The van der Waals surface area contributed by atoms with Crippen LogP contribution in [0.25, 0.3) is 0 Å². The molecule has 85 heavy (non-hydrogen) atoms. The van der Waals surface area contributed by atoms with E-state index < -0.39 is 84.6 Å². The molecule has 2 unspecified atom stereocenters. The molecule has 0 heterocycles. The summed E-state index contributed by atoms with van der Waals surface area (Å²) in [6, 6.07) is -1.64. The predicted octanol–water partition coefficient (Wildman–Crippen LogP) is 5.25. The first-order valence-electron chi connectivity index (χ1n) is 32.9. The summed E-state index contributed by atoms with van der Waals surface area (Å²) in [7, 11) is -9.82. The van der Waals surface area contributed by atoms with Gasteiger partial charge in [0.1, 0.15) is 6.42 Å². The first kappa shape index (κ1) is 89.1. The van der Waals surface area contributed by atoms with Crippen LogP contribution in [0.3, 0.4) is 0 Å². The van der Waals surface area contributed by atoms with Crippen LogP contribution in [0, 0.1) is 0 Å². The minimum Gasteiger partial charge on any atom is -0.756 e. The van der Waals surface area contributed by atoms with Crippen molar-refractivity contribution in [2.75, 3.05) is 65.9 Å². The number of amides is 4. The van der Waals surface area contributed by atoms with Crippen LogP contribution in [-0.4, -0.2) is 124 Å².